The highest BCUT2D eigenvalue weighted by Gasteiger charge is 2.16. The molecule has 0 aliphatic carbocycles. The van der Waals surface area contributed by atoms with Gasteiger partial charge in [0, 0.05) is 11.1 Å². The molecular weight excluding hydrogens is 445 g/mol. The van der Waals surface area contributed by atoms with Gasteiger partial charge < -0.3 is 15.5 Å². The topological polar surface area (TPSA) is 86.6 Å². The van der Waals surface area contributed by atoms with E-state index in [4.69, 9.17) is 0 Å². The fraction of sp³-hybridized carbons (Fsp3) is 0.103. The van der Waals surface area contributed by atoms with Crippen LogP contribution >= 0.6 is 0 Å². The van der Waals surface area contributed by atoms with Gasteiger partial charge in [0.25, 0.3) is 5.91 Å². The van der Waals surface area contributed by atoms with Gasteiger partial charge in [0.05, 0.1) is 12.3 Å². The Morgan fingerprint density at radius 2 is 1.71 bits per heavy atom. The van der Waals surface area contributed by atoms with Crippen LogP contribution in [0.5, 0.6) is 0 Å². The number of nitrogens with one attached hydrogen (secondary N) is 1. The van der Waals surface area contributed by atoms with Crippen LogP contribution < -0.4 is 5.32 Å². The molecular formula is C29H24FNO4. The van der Waals surface area contributed by atoms with Crippen molar-refractivity contribution >= 4 is 34.4 Å². The number of amides is 1. The van der Waals surface area contributed by atoms with Crippen molar-refractivity contribution in [3.63, 3.8) is 0 Å². The summed E-state index contributed by atoms with van der Waals surface area (Å²) in [4.78, 5) is 24.7. The van der Waals surface area contributed by atoms with Crippen molar-refractivity contribution in [1.29, 1.82) is 0 Å². The molecule has 0 aliphatic heterocycles. The number of aliphatic carboxylic acids is 1. The van der Waals surface area contributed by atoms with Crippen molar-refractivity contribution in [2.24, 2.45) is 0 Å². The summed E-state index contributed by atoms with van der Waals surface area (Å²) in [6.45, 7) is 1.57. The van der Waals surface area contributed by atoms with Crippen LogP contribution in [0, 0.1) is 5.82 Å². The average molecular weight is 470 g/mol. The lowest BCUT2D eigenvalue weighted by Gasteiger charge is -2.14. The summed E-state index contributed by atoms with van der Waals surface area (Å²) in [7, 11) is 0. The summed E-state index contributed by atoms with van der Waals surface area (Å²) in [6, 6.07) is 22.6. The van der Waals surface area contributed by atoms with E-state index in [2.05, 4.69) is 5.32 Å². The minimum atomic E-state index is -1.05. The van der Waals surface area contributed by atoms with Gasteiger partial charge in [0.2, 0.25) is 0 Å². The third-order valence-electron chi connectivity index (χ3n) is 5.84. The first-order valence-electron chi connectivity index (χ1n) is 11.2. The Morgan fingerprint density at radius 3 is 2.46 bits per heavy atom. The van der Waals surface area contributed by atoms with E-state index in [-0.39, 0.29) is 17.9 Å². The zero-order chi connectivity index (χ0) is 24.9. The molecule has 0 fully saturated rings. The number of carboxylic acid groups (broad SMARTS) is 1. The summed E-state index contributed by atoms with van der Waals surface area (Å²) in [5.74, 6) is -2.18. The number of carbonyl (C=O) groups is 2. The number of anilines is 1. The molecule has 35 heavy (non-hydrogen) atoms. The molecule has 4 aromatic rings. The van der Waals surface area contributed by atoms with E-state index < -0.39 is 17.7 Å². The molecule has 0 atom stereocenters. The molecule has 4 aromatic carbocycles. The Hall–Kier alpha value is -4.29. The number of hydrogen-bond donors (Lipinski definition) is 3. The highest BCUT2D eigenvalue weighted by molar-refractivity contribution is 6.14. The van der Waals surface area contributed by atoms with E-state index in [1.165, 1.54) is 24.3 Å². The number of fused-ring (bicyclic) bond motifs is 1. The van der Waals surface area contributed by atoms with Gasteiger partial charge in [-0.05, 0) is 69.8 Å². The molecule has 0 saturated carbocycles. The van der Waals surface area contributed by atoms with Gasteiger partial charge in [0.15, 0.2) is 0 Å². The number of rotatable bonds is 7. The monoisotopic (exact) mass is 469 g/mol. The second-order valence-electron chi connectivity index (χ2n) is 8.08. The molecule has 0 aliphatic rings. The molecule has 0 unspecified atom stereocenters. The third kappa shape index (κ3) is 5.13. The lowest BCUT2D eigenvalue weighted by Crippen LogP contribution is -2.14. The van der Waals surface area contributed by atoms with E-state index in [0.29, 0.717) is 22.9 Å². The van der Waals surface area contributed by atoms with Gasteiger partial charge in [-0.15, -0.1) is 0 Å². The van der Waals surface area contributed by atoms with E-state index in [0.717, 1.165) is 22.1 Å². The summed E-state index contributed by atoms with van der Waals surface area (Å²) < 4.78 is 14.6. The minimum absolute atomic E-state index is 0.0464. The number of hydrogen-bond acceptors (Lipinski definition) is 3. The number of halogens is 1. The zero-order valence-electron chi connectivity index (χ0n) is 19.1. The van der Waals surface area contributed by atoms with Gasteiger partial charge >= 0.3 is 5.97 Å². The number of carbonyl (C=O) groups excluding carboxylic acids is 1. The Labute approximate surface area is 202 Å². The van der Waals surface area contributed by atoms with Gasteiger partial charge in [-0.3, -0.25) is 4.79 Å². The maximum Gasteiger partial charge on any atom is 0.331 e. The van der Waals surface area contributed by atoms with E-state index in [9.17, 15) is 24.2 Å². The molecule has 3 N–H and O–H groups in total. The Balaban J connectivity index is 1.77. The molecule has 0 saturated heterocycles. The van der Waals surface area contributed by atoms with Crippen LogP contribution in [0.1, 0.15) is 34.8 Å². The third-order valence-corrected chi connectivity index (χ3v) is 5.84. The Bertz CT molecular complexity index is 1460. The molecule has 6 heteroatoms. The molecule has 5 nitrogen and oxygen atoms in total. The van der Waals surface area contributed by atoms with Crippen molar-refractivity contribution in [2.45, 2.75) is 20.0 Å². The zero-order valence-corrected chi connectivity index (χ0v) is 19.1. The number of carboxylic acids is 1. The molecule has 0 radical (unpaired) electrons. The second kappa shape index (κ2) is 10.3. The van der Waals surface area contributed by atoms with E-state index in [1.807, 2.05) is 54.6 Å². The van der Waals surface area contributed by atoms with Crippen LogP contribution in [0.25, 0.3) is 28.0 Å². The van der Waals surface area contributed by atoms with Crippen LogP contribution in [0.3, 0.4) is 0 Å². The van der Waals surface area contributed by atoms with Gasteiger partial charge in [-0.1, -0.05) is 61.5 Å². The van der Waals surface area contributed by atoms with Crippen LogP contribution in [-0.2, 0) is 11.4 Å². The largest absolute Gasteiger partial charge is 0.478 e. The number of aliphatic hydroxyl groups excluding tert-OH is 1. The average Bonchev–Trinajstić information content (AvgIpc) is 2.88. The number of aliphatic hydroxyl groups is 1. The normalized spacial score (nSPS) is 11.5. The van der Waals surface area contributed by atoms with Crippen molar-refractivity contribution < 1.29 is 24.2 Å². The van der Waals surface area contributed by atoms with Crippen molar-refractivity contribution in [3.05, 3.63) is 107 Å². The highest BCUT2D eigenvalue weighted by Crippen LogP contribution is 2.31. The number of benzene rings is 4. The van der Waals surface area contributed by atoms with E-state index in [1.54, 1.807) is 13.0 Å². The Morgan fingerprint density at radius 1 is 0.971 bits per heavy atom. The van der Waals surface area contributed by atoms with Crippen molar-refractivity contribution in [2.75, 3.05) is 5.32 Å². The first-order valence-corrected chi connectivity index (χ1v) is 11.2. The quantitative estimate of drug-likeness (QED) is 0.279. The van der Waals surface area contributed by atoms with Crippen molar-refractivity contribution in [3.8, 4) is 11.1 Å². The van der Waals surface area contributed by atoms with Crippen LogP contribution in [0.15, 0.2) is 84.4 Å². The molecule has 0 spiro atoms. The fourth-order valence-corrected chi connectivity index (χ4v) is 4.03. The van der Waals surface area contributed by atoms with Crippen LogP contribution in [0.4, 0.5) is 10.1 Å². The molecule has 0 bridgehead atoms. The molecule has 176 valence electrons. The highest BCUT2D eigenvalue weighted by atomic mass is 19.1. The SMILES string of the molecule is CCC(=Cc1ccc(F)c(NC(=O)c2cc(-c3ccccc3CO)cc3ccccc23)c1)C(=O)O. The second-order valence-corrected chi connectivity index (χ2v) is 8.08. The predicted molar refractivity (Wildman–Crippen MR) is 136 cm³/mol. The summed E-state index contributed by atoms with van der Waals surface area (Å²) in [5, 5.41) is 23.2. The maximum atomic E-state index is 14.6. The van der Waals surface area contributed by atoms with Crippen molar-refractivity contribution in [1.82, 2.24) is 0 Å². The standard InChI is InChI=1S/C29H24FNO4/c1-2-19(29(34)35)13-18-11-12-26(30)27(14-18)31-28(33)25-16-22(15-20-7-3-6-10-24(20)25)23-9-5-4-8-21(23)17-32/h3-16,32H,2,17H2,1H3,(H,31,33)(H,34,35). The molecule has 0 aromatic heterocycles. The van der Waals surface area contributed by atoms with Gasteiger partial charge in [-0.2, -0.15) is 0 Å². The summed E-state index contributed by atoms with van der Waals surface area (Å²) in [6.07, 6.45) is 1.77. The predicted octanol–water partition coefficient (Wildman–Crippen LogP) is 6.27. The Kier molecular flexibility index (Phi) is 7.03. The lowest BCUT2D eigenvalue weighted by molar-refractivity contribution is -0.132. The van der Waals surface area contributed by atoms with E-state index >= 15 is 0 Å². The van der Waals surface area contributed by atoms with Gasteiger partial charge in [0.1, 0.15) is 5.82 Å². The van der Waals surface area contributed by atoms with Gasteiger partial charge in [-0.25, -0.2) is 9.18 Å². The molecule has 0 heterocycles. The fourth-order valence-electron chi connectivity index (χ4n) is 4.03. The maximum absolute atomic E-state index is 14.6. The summed E-state index contributed by atoms with van der Waals surface area (Å²) >= 11 is 0. The summed E-state index contributed by atoms with van der Waals surface area (Å²) in [5.41, 5.74) is 3.23. The van der Waals surface area contributed by atoms with Crippen LogP contribution in [-0.4, -0.2) is 22.1 Å². The molecule has 1 amide bonds. The lowest BCUT2D eigenvalue weighted by atomic mass is 9.94. The van der Waals surface area contributed by atoms with Crippen LogP contribution in [0.2, 0.25) is 0 Å². The first kappa shape index (κ1) is 23.9. The molecule has 4 rings (SSSR count). The smallest absolute Gasteiger partial charge is 0.331 e. The minimum Gasteiger partial charge on any atom is -0.478 e. The first-order chi connectivity index (χ1) is 16.9.